The Morgan fingerprint density at radius 3 is 2.81 bits per heavy atom. The van der Waals surface area contributed by atoms with Crippen molar-refractivity contribution in [1.82, 2.24) is 15.3 Å². The quantitative estimate of drug-likeness (QED) is 0.618. The Kier molecular flexibility index (Phi) is 3.75. The highest BCUT2D eigenvalue weighted by atomic mass is 32.2. The van der Waals surface area contributed by atoms with E-state index in [9.17, 15) is 0 Å². The van der Waals surface area contributed by atoms with Gasteiger partial charge in [0, 0.05) is 24.2 Å². The van der Waals surface area contributed by atoms with Crippen LogP contribution in [0.3, 0.4) is 0 Å². The molecule has 0 aromatic carbocycles. The molecule has 0 amide bonds. The summed E-state index contributed by atoms with van der Waals surface area (Å²) in [5.41, 5.74) is 1.05. The van der Waals surface area contributed by atoms with E-state index in [4.69, 9.17) is 5.26 Å². The number of aromatic nitrogens is 2. The fraction of sp³-hybridized carbons (Fsp3) is 0.545. The lowest BCUT2D eigenvalue weighted by Crippen LogP contribution is -2.31. The predicted octanol–water partition coefficient (Wildman–Crippen LogP) is 1.52. The maximum absolute atomic E-state index is 8.96. The first-order chi connectivity index (χ1) is 7.78. The number of aryl methyl sites for hydroxylation is 1. The Balaban J connectivity index is 1.80. The summed E-state index contributed by atoms with van der Waals surface area (Å²) < 4.78 is 0. The van der Waals surface area contributed by atoms with Crippen LogP contribution >= 0.6 is 11.8 Å². The average Bonchev–Trinajstić information content (AvgIpc) is 3.10. The van der Waals surface area contributed by atoms with Crippen LogP contribution < -0.4 is 5.32 Å². The van der Waals surface area contributed by atoms with Gasteiger partial charge in [-0.2, -0.15) is 5.26 Å². The van der Waals surface area contributed by atoms with Crippen LogP contribution in [0.25, 0.3) is 0 Å². The summed E-state index contributed by atoms with van der Waals surface area (Å²) in [5.74, 6) is 0.704. The Bertz CT molecular complexity index is 380. The third kappa shape index (κ3) is 3.47. The van der Waals surface area contributed by atoms with Crippen molar-refractivity contribution in [1.29, 1.82) is 5.26 Å². The van der Waals surface area contributed by atoms with Gasteiger partial charge < -0.3 is 0 Å². The van der Waals surface area contributed by atoms with Gasteiger partial charge >= 0.3 is 0 Å². The second-order valence-corrected chi connectivity index (χ2v) is 4.96. The second kappa shape index (κ2) is 5.28. The van der Waals surface area contributed by atoms with E-state index in [1.807, 2.05) is 6.92 Å². The Labute approximate surface area is 99.5 Å². The summed E-state index contributed by atoms with van der Waals surface area (Å²) in [5, 5.41) is 13.0. The largest absolute Gasteiger partial charge is 0.298 e. The van der Waals surface area contributed by atoms with Crippen molar-refractivity contribution in [2.45, 2.75) is 37.0 Å². The highest BCUT2D eigenvalue weighted by Crippen LogP contribution is 2.21. The fourth-order valence-corrected chi connectivity index (χ4v) is 2.01. The summed E-state index contributed by atoms with van der Waals surface area (Å²) in [7, 11) is 0. The summed E-state index contributed by atoms with van der Waals surface area (Å²) in [6.07, 6.45) is 5.99. The van der Waals surface area contributed by atoms with Crippen LogP contribution in [-0.4, -0.2) is 27.8 Å². The van der Waals surface area contributed by atoms with E-state index in [2.05, 4.69) is 21.4 Å². The van der Waals surface area contributed by atoms with E-state index in [0.29, 0.717) is 11.8 Å². The molecule has 1 saturated carbocycles. The molecule has 16 heavy (non-hydrogen) atoms. The minimum Gasteiger partial charge on any atom is -0.298 e. The zero-order valence-electron chi connectivity index (χ0n) is 9.18. The average molecular weight is 234 g/mol. The van der Waals surface area contributed by atoms with Crippen LogP contribution in [0.5, 0.6) is 0 Å². The molecule has 1 aliphatic carbocycles. The molecule has 5 heteroatoms. The van der Waals surface area contributed by atoms with Crippen molar-refractivity contribution < 1.29 is 0 Å². The molecule has 0 spiro atoms. The van der Waals surface area contributed by atoms with Crippen LogP contribution in [0.15, 0.2) is 17.6 Å². The van der Waals surface area contributed by atoms with Gasteiger partial charge in [0.1, 0.15) is 6.04 Å². The van der Waals surface area contributed by atoms with E-state index in [0.717, 1.165) is 10.7 Å². The maximum atomic E-state index is 8.96. The van der Waals surface area contributed by atoms with Gasteiger partial charge in [0.15, 0.2) is 5.16 Å². The van der Waals surface area contributed by atoms with Crippen LogP contribution in [0.2, 0.25) is 0 Å². The van der Waals surface area contributed by atoms with E-state index in [-0.39, 0.29) is 6.04 Å². The highest BCUT2D eigenvalue weighted by Gasteiger charge is 2.24. The Morgan fingerprint density at radius 1 is 1.56 bits per heavy atom. The third-order valence-corrected chi connectivity index (χ3v) is 3.28. The lowest BCUT2D eigenvalue weighted by molar-refractivity contribution is 0.643. The van der Waals surface area contributed by atoms with Crippen molar-refractivity contribution in [3.63, 3.8) is 0 Å². The van der Waals surface area contributed by atoms with Crippen LogP contribution in [-0.2, 0) is 0 Å². The molecule has 1 fully saturated rings. The normalized spacial score (nSPS) is 16.8. The van der Waals surface area contributed by atoms with Crippen molar-refractivity contribution in [3.05, 3.63) is 18.0 Å². The molecule has 84 valence electrons. The lowest BCUT2D eigenvalue weighted by atomic mass is 10.4. The molecular weight excluding hydrogens is 220 g/mol. The highest BCUT2D eigenvalue weighted by molar-refractivity contribution is 7.99. The van der Waals surface area contributed by atoms with Crippen molar-refractivity contribution in [2.75, 3.05) is 5.75 Å². The number of hydrogen-bond acceptors (Lipinski definition) is 5. The second-order valence-electron chi connectivity index (χ2n) is 3.98. The monoisotopic (exact) mass is 234 g/mol. The van der Waals surface area contributed by atoms with Crippen molar-refractivity contribution in [3.8, 4) is 6.07 Å². The molecule has 0 bridgehead atoms. The maximum Gasteiger partial charge on any atom is 0.187 e. The number of thioether (sulfide) groups is 1. The first-order valence-corrected chi connectivity index (χ1v) is 6.33. The zero-order valence-corrected chi connectivity index (χ0v) is 10.00. The molecule has 0 radical (unpaired) electrons. The van der Waals surface area contributed by atoms with Gasteiger partial charge in [0.05, 0.1) is 6.07 Å². The SMILES string of the molecule is Cc1cnc(SCC(C#N)NC2CC2)nc1. The number of nitriles is 1. The standard InChI is InChI=1S/C11H14N4S/c1-8-5-13-11(14-6-8)16-7-10(4-12)15-9-2-3-9/h5-6,9-10,15H,2-3,7H2,1H3. The van der Waals surface area contributed by atoms with Gasteiger partial charge in [-0.25, -0.2) is 9.97 Å². The molecule has 2 rings (SSSR count). The van der Waals surface area contributed by atoms with Crippen molar-refractivity contribution in [2.24, 2.45) is 0 Å². The van der Waals surface area contributed by atoms with E-state index < -0.39 is 0 Å². The zero-order chi connectivity index (χ0) is 11.4. The number of hydrogen-bond donors (Lipinski definition) is 1. The number of nitrogens with zero attached hydrogens (tertiary/aromatic N) is 3. The van der Waals surface area contributed by atoms with Gasteiger partial charge in [-0.1, -0.05) is 11.8 Å². The molecule has 1 atom stereocenters. The Hall–Kier alpha value is -1.12. The molecular formula is C11H14N4S. The summed E-state index contributed by atoms with van der Waals surface area (Å²) in [6.45, 7) is 1.96. The van der Waals surface area contributed by atoms with E-state index >= 15 is 0 Å². The molecule has 1 aliphatic rings. The molecule has 1 unspecified atom stereocenters. The smallest absolute Gasteiger partial charge is 0.187 e. The molecule has 4 nitrogen and oxygen atoms in total. The van der Waals surface area contributed by atoms with Gasteiger partial charge in [0.25, 0.3) is 0 Å². The Morgan fingerprint density at radius 2 is 2.25 bits per heavy atom. The molecule has 0 aliphatic heterocycles. The first-order valence-electron chi connectivity index (χ1n) is 5.35. The molecule has 0 saturated heterocycles. The topological polar surface area (TPSA) is 61.6 Å². The molecule has 1 N–H and O–H groups in total. The summed E-state index contributed by atoms with van der Waals surface area (Å²) in [4.78, 5) is 8.39. The summed E-state index contributed by atoms with van der Waals surface area (Å²) in [6, 6.07) is 2.73. The number of rotatable bonds is 5. The van der Waals surface area contributed by atoms with Crippen LogP contribution in [0, 0.1) is 18.3 Å². The van der Waals surface area contributed by atoms with E-state index in [1.165, 1.54) is 24.6 Å². The van der Waals surface area contributed by atoms with Crippen LogP contribution in [0.1, 0.15) is 18.4 Å². The molecule has 1 aromatic heterocycles. The van der Waals surface area contributed by atoms with Gasteiger partial charge in [0.2, 0.25) is 0 Å². The molecule has 1 aromatic rings. The number of nitrogens with one attached hydrogen (secondary N) is 1. The van der Waals surface area contributed by atoms with E-state index in [1.54, 1.807) is 12.4 Å². The summed E-state index contributed by atoms with van der Waals surface area (Å²) >= 11 is 1.52. The van der Waals surface area contributed by atoms with Gasteiger partial charge in [-0.15, -0.1) is 0 Å². The fourth-order valence-electron chi connectivity index (χ4n) is 1.27. The van der Waals surface area contributed by atoms with Gasteiger partial charge in [-0.05, 0) is 25.3 Å². The lowest BCUT2D eigenvalue weighted by Gasteiger charge is -2.08. The van der Waals surface area contributed by atoms with Crippen molar-refractivity contribution >= 4 is 11.8 Å². The third-order valence-electron chi connectivity index (χ3n) is 2.31. The molecule has 1 heterocycles. The van der Waals surface area contributed by atoms with Crippen LogP contribution in [0.4, 0.5) is 0 Å². The van der Waals surface area contributed by atoms with Gasteiger partial charge in [-0.3, -0.25) is 5.32 Å². The minimum absolute atomic E-state index is 0.0950. The minimum atomic E-state index is -0.0950. The first kappa shape index (κ1) is 11.4. The predicted molar refractivity (Wildman–Crippen MR) is 63.1 cm³/mol.